The summed E-state index contributed by atoms with van der Waals surface area (Å²) in [5, 5.41) is 10.8. The molecule has 0 radical (unpaired) electrons. The van der Waals surface area contributed by atoms with Crippen LogP contribution in [0.15, 0.2) is 23.8 Å². The van der Waals surface area contributed by atoms with E-state index in [0.717, 1.165) is 19.3 Å². The van der Waals surface area contributed by atoms with Crippen LogP contribution in [-0.4, -0.2) is 22.8 Å². The van der Waals surface area contributed by atoms with Crippen LogP contribution in [-0.2, 0) is 9.59 Å². The smallest absolute Gasteiger partial charge is 0.156 e. The lowest BCUT2D eigenvalue weighted by Crippen LogP contribution is -2.51. The molecular weight excluding hydrogens is 300 g/mol. The van der Waals surface area contributed by atoms with Crippen LogP contribution in [0.3, 0.4) is 0 Å². The van der Waals surface area contributed by atoms with E-state index < -0.39 is 0 Å². The van der Waals surface area contributed by atoms with Crippen LogP contribution in [0.2, 0.25) is 0 Å². The summed E-state index contributed by atoms with van der Waals surface area (Å²) in [6, 6.07) is 0. The first-order valence-electron chi connectivity index (χ1n) is 9.39. The average Bonchev–Trinajstić information content (AvgIpc) is 2.80. The Kier molecular flexibility index (Phi) is 3.48. The second-order valence-corrected chi connectivity index (χ2v) is 9.06. The summed E-state index contributed by atoms with van der Waals surface area (Å²) in [7, 11) is 0. The highest BCUT2D eigenvalue weighted by Crippen LogP contribution is 2.65. The Balaban J connectivity index is 1.76. The number of ketones is 2. The third-order valence-electron chi connectivity index (χ3n) is 8.00. The molecule has 4 aliphatic carbocycles. The van der Waals surface area contributed by atoms with Crippen molar-refractivity contribution in [3.63, 3.8) is 0 Å². The van der Waals surface area contributed by atoms with Gasteiger partial charge in [0.2, 0.25) is 0 Å². The van der Waals surface area contributed by atoms with Crippen LogP contribution >= 0.6 is 0 Å². The lowest BCUT2D eigenvalue weighted by atomic mass is 9.48. The second kappa shape index (κ2) is 5.14. The molecule has 2 fully saturated rings. The largest absolute Gasteiger partial charge is 0.393 e. The van der Waals surface area contributed by atoms with Crippen molar-refractivity contribution >= 4 is 11.6 Å². The van der Waals surface area contributed by atoms with Gasteiger partial charge in [-0.15, -0.1) is 0 Å². The van der Waals surface area contributed by atoms with Gasteiger partial charge < -0.3 is 5.11 Å². The molecule has 0 aliphatic heterocycles. The molecule has 7 atom stereocenters. The quantitative estimate of drug-likeness (QED) is 0.802. The van der Waals surface area contributed by atoms with E-state index in [1.807, 2.05) is 6.08 Å². The average molecular weight is 328 g/mol. The van der Waals surface area contributed by atoms with E-state index in [4.69, 9.17) is 0 Å². The SMILES string of the molecule is CC(=O)[C@H]1C[C@@H](O)[C@H]2[C@@H]3C=CC4=CC(=O)CC[C@@]4(C)[C@@H]3CC[C@@]21C. The molecule has 0 aromatic carbocycles. The molecule has 0 amide bonds. The molecule has 0 heterocycles. The van der Waals surface area contributed by atoms with Crippen LogP contribution in [0.25, 0.3) is 0 Å². The number of carbonyl (C=O) groups is 2. The molecular formula is C21H28O3. The fourth-order valence-electron chi connectivity index (χ4n) is 6.69. The maximum Gasteiger partial charge on any atom is 0.156 e. The predicted octanol–water partition coefficient (Wildman–Crippen LogP) is 3.47. The Morgan fingerprint density at radius 1 is 1.29 bits per heavy atom. The summed E-state index contributed by atoms with van der Waals surface area (Å²) >= 11 is 0. The van der Waals surface area contributed by atoms with Crippen molar-refractivity contribution in [3.8, 4) is 0 Å². The third kappa shape index (κ3) is 2.00. The molecule has 4 rings (SSSR count). The molecule has 0 spiro atoms. The zero-order valence-corrected chi connectivity index (χ0v) is 14.9. The van der Waals surface area contributed by atoms with Crippen molar-refractivity contribution in [1.82, 2.24) is 0 Å². The molecule has 0 saturated heterocycles. The summed E-state index contributed by atoms with van der Waals surface area (Å²) in [5.74, 6) is 1.41. The van der Waals surface area contributed by atoms with E-state index in [2.05, 4.69) is 26.0 Å². The lowest BCUT2D eigenvalue weighted by molar-refractivity contribution is -0.127. The minimum absolute atomic E-state index is 0.00970. The highest BCUT2D eigenvalue weighted by molar-refractivity contribution is 5.92. The number of hydrogen-bond donors (Lipinski definition) is 1. The first-order valence-corrected chi connectivity index (χ1v) is 9.39. The molecule has 24 heavy (non-hydrogen) atoms. The molecule has 0 aromatic heterocycles. The number of allylic oxidation sites excluding steroid dienone is 4. The van der Waals surface area contributed by atoms with Crippen molar-refractivity contribution in [2.24, 2.45) is 34.5 Å². The third-order valence-corrected chi connectivity index (χ3v) is 8.00. The first kappa shape index (κ1) is 16.3. The number of rotatable bonds is 1. The minimum atomic E-state index is -0.388. The Hall–Kier alpha value is -1.22. The van der Waals surface area contributed by atoms with Gasteiger partial charge >= 0.3 is 0 Å². The van der Waals surface area contributed by atoms with Crippen LogP contribution in [0.4, 0.5) is 0 Å². The summed E-state index contributed by atoms with van der Waals surface area (Å²) < 4.78 is 0. The van der Waals surface area contributed by atoms with Crippen molar-refractivity contribution in [1.29, 1.82) is 0 Å². The Labute approximate surface area is 144 Å². The van der Waals surface area contributed by atoms with Crippen LogP contribution in [0.1, 0.15) is 52.9 Å². The normalized spacial score (nSPS) is 49.9. The maximum absolute atomic E-state index is 12.2. The fraction of sp³-hybridized carbons (Fsp3) is 0.714. The Bertz CT molecular complexity index is 660. The number of carbonyl (C=O) groups excluding carboxylic acids is 2. The number of fused-ring (bicyclic) bond motifs is 5. The number of Topliss-reactive ketones (excluding diaryl/α,β-unsaturated/α-hetero) is 1. The Morgan fingerprint density at radius 2 is 2.04 bits per heavy atom. The number of aliphatic hydroxyl groups is 1. The second-order valence-electron chi connectivity index (χ2n) is 9.06. The zero-order valence-electron chi connectivity index (χ0n) is 14.9. The van der Waals surface area contributed by atoms with Gasteiger partial charge in [-0.1, -0.05) is 26.0 Å². The van der Waals surface area contributed by atoms with Crippen LogP contribution in [0.5, 0.6) is 0 Å². The van der Waals surface area contributed by atoms with Gasteiger partial charge in [0.05, 0.1) is 6.10 Å². The van der Waals surface area contributed by atoms with Crippen LogP contribution < -0.4 is 0 Å². The van der Waals surface area contributed by atoms with Crippen molar-refractivity contribution in [3.05, 3.63) is 23.8 Å². The van der Waals surface area contributed by atoms with Crippen molar-refractivity contribution in [2.75, 3.05) is 0 Å². The molecule has 0 bridgehead atoms. The molecule has 3 nitrogen and oxygen atoms in total. The van der Waals surface area contributed by atoms with Crippen LogP contribution in [0, 0.1) is 34.5 Å². The standard InChI is InChI=1S/C21H28O3/c1-12(22)17-11-18(24)19-15-5-4-13-10-14(23)6-8-20(13,2)16(15)7-9-21(17,19)3/h4-5,10,15-19,24H,6-9,11H2,1-3H3/t15-,16-,17-,18-,19-,20-,21-/m1/s1. The van der Waals surface area contributed by atoms with E-state index in [1.54, 1.807) is 6.92 Å². The maximum atomic E-state index is 12.2. The Morgan fingerprint density at radius 3 is 2.75 bits per heavy atom. The van der Waals surface area contributed by atoms with E-state index in [-0.39, 0.29) is 40.3 Å². The van der Waals surface area contributed by atoms with Gasteiger partial charge in [0, 0.05) is 12.3 Å². The predicted molar refractivity (Wildman–Crippen MR) is 92.2 cm³/mol. The van der Waals surface area contributed by atoms with E-state index in [9.17, 15) is 14.7 Å². The summed E-state index contributed by atoms with van der Waals surface area (Å²) in [6.07, 6.45) is 10.1. The van der Waals surface area contributed by atoms with Gasteiger partial charge in [-0.25, -0.2) is 0 Å². The zero-order chi connectivity index (χ0) is 17.3. The summed E-state index contributed by atoms with van der Waals surface area (Å²) in [4.78, 5) is 24.0. The van der Waals surface area contributed by atoms with E-state index >= 15 is 0 Å². The number of aliphatic hydroxyl groups excluding tert-OH is 1. The number of hydrogen-bond acceptors (Lipinski definition) is 3. The highest BCUT2D eigenvalue weighted by atomic mass is 16.3. The molecule has 1 N–H and O–H groups in total. The summed E-state index contributed by atoms with van der Waals surface area (Å²) in [5.41, 5.74) is 1.14. The summed E-state index contributed by atoms with van der Waals surface area (Å²) in [6.45, 7) is 6.21. The van der Waals surface area contributed by atoms with Gasteiger partial charge in [-0.3, -0.25) is 9.59 Å². The minimum Gasteiger partial charge on any atom is -0.393 e. The van der Waals surface area contributed by atoms with Crippen molar-refractivity contribution < 1.29 is 14.7 Å². The topological polar surface area (TPSA) is 54.4 Å². The fourth-order valence-corrected chi connectivity index (χ4v) is 6.69. The molecule has 2 saturated carbocycles. The molecule has 0 aromatic rings. The van der Waals surface area contributed by atoms with E-state index in [0.29, 0.717) is 24.7 Å². The highest BCUT2D eigenvalue weighted by Gasteiger charge is 2.61. The van der Waals surface area contributed by atoms with Gasteiger partial charge in [0.25, 0.3) is 0 Å². The molecule has 130 valence electrons. The van der Waals surface area contributed by atoms with Gasteiger partial charge in [-0.05, 0) is 72.8 Å². The van der Waals surface area contributed by atoms with Crippen molar-refractivity contribution in [2.45, 2.75) is 59.0 Å². The molecule has 0 unspecified atom stereocenters. The monoisotopic (exact) mass is 328 g/mol. The van der Waals surface area contributed by atoms with Gasteiger partial charge in [-0.2, -0.15) is 0 Å². The van der Waals surface area contributed by atoms with Gasteiger partial charge in [0.1, 0.15) is 5.78 Å². The first-order chi connectivity index (χ1) is 11.3. The molecule has 4 aliphatic rings. The lowest BCUT2D eigenvalue weighted by Gasteiger charge is -2.56. The molecule has 3 heteroatoms. The van der Waals surface area contributed by atoms with E-state index in [1.165, 1.54) is 5.57 Å². The van der Waals surface area contributed by atoms with Gasteiger partial charge in [0.15, 0.2) is 5.78 Å².